The van der Waals surface area contributed by atoms with Crippen molar-refractivity contribution in [3.63, 3.8) is 0 Å². The van der Waals surface area contributed by atoms with E-state index in [0.717, 1.165) is 12.4 Å². The number of carboxylic acid groups (broad SMARTS) is 4. The number of carboxylic acids is 4. The van der Waals surface area contributed by atoms with Gasteiger partial charge in [-0.1, -0.05) is 12.8 Å². The first-order chi connectivity index (χ1) is 33.2. The zero-order chi connectivity index (χ0) is 52.5. The number of carbonyl (C=O) groups excluding carboxylic acids is 8. The molecule has 70 heavy (non-hydrogen) atoms. The number of hydrogen-bond donors (Lipinski definition) is 16. The van der Waals surface area contributed by atoms with Gasteiger partial charge in [0, 0.05) is 12.4 Å². The van der Waals surface area contributed by atoms with E-state index in [1.165, 1.54) is 0 Å². The van der Waals surface area contributed by atoms with Gasteiger partial charge in [-0.25, -0.2) is 19.6 Å². The molecule has 1 aliphatic rings. The maximum Gasteiger partial charge on any atom is 0.326 e. The van der Waals surface area contributed by atoms with Crippen LogP contribution in [0.1, 0.15) is 98.0 Å². The van der Waals surface area contributed by atoms with Crippen molar-refractivity contribution in [2.24, 2.45) is 11.5 Å². The van der Waals surface area contributed by atoms with Gasteiger partial charge < -0.3 is 84.6 Å². The van der Waals surface area contributed by atoms with E-state index in [1.807, 2.05) is 21.3 Å². The Morgan fingerprint density at radius 3 is 1.19 bits per heavy atom. The minimum absolute atomic E-state index is 0.115. The van der Waals surface area contributed by atoms with Crippen LogP contribution in [0.2, 0.25) is 0 Å². The van der Waals surface area contributed by atoms with E-state index in [2.05, 4.69) is 31.2 Å². The molecule has 30 nitrogen and oxygen atoms in total. The van der Waals surface area contributed by atoms with Crippen LogP contribution < -0.4 is 54.0 Å². The summed E-state index contributed by atoms with van der Waals surface area (Å²) in [4.78, 5) is 164. The molecule has 0 unspecified atom stereocenters. The Labute approximate surface area is 398 Å². The molecule has 0 saturated heterocycles. The Morgan fingerprint density at radius 2 is 0.886 bits per heavy atom. The second-order valence-corrected chi connectivity index (χ2v) is 15.8. The summed E-state index contributed by atoms with van der Waals surface area (Å²) in [6.07, 6.45) is -0.691. The Hall–Kier alpha value is -7.44. The predicted molar refractivity (Wildman–Crippen MR) is 234 cm³/mol. The third kappa shape index (κ3) is 19.7. The smallest absolute Gasteiger partial charge is 0.326 e. The number of aromatic nitrogens is 2. The zero-order valence-corrected chi connectivity index (χ0v) is 37.7. The second kappa shape index (κ2) is 30.1. The van der Waals surface area contributed by atoms with E-state index in [4.69, 9.17) is 11.5 Å². The first-order valence-corrected chi connectivity index (χ1v) is 21.9. The molecule has 0 fully saturated rings. The topological polar surface area (TPSA) is 500 Å². The number of unbranched alkanes of at least 4 members (excludes halogenated alkanes) is 2. The second-order valence-electron chi connectivity index (χ2n) is 15.8. The molecule has 1 aromatic rings. The van der Waals surface area contributed by atoms with Crippen LogP contribution in [0.4, 0.5) is 0 Å². The van der Waals surface area contributed by atoms with Crippen molar-refractivity contribution in [2.75, 3.05) is 26.3 Å². The van der Waals surface area contributed by atoms with Gasteiger partial charge in [0.25, 0.3) is 11.8 Å². The summed E-state index contributed by atoms with van der Waals surface area (Å²) >= 11 is 0. The van der Waals surface area contributed by atoms with Crippen molar-refractivity contribution in [1.82, 2.24) is 52.5 Å². The van der Waals surface area contributed by atoms with Crippen molar-refractivity contribution in [1.29, 1.82) is 0 Å². The van der Waals surface area contributed by atoms with Crippen LogP contribution in [0.5, 0.6) is 0 Å². The van der Waals surface area contributed by atoms with Crippen LogP contribution in [-0.4, -0.2) is 186 Å². The quantitative estimate of drug-likeness (QED) is 0.0540. The number of nitrogens with zero attached hydrogens (tertiary/aromatic N) is 2. The molecule has 0 spiro atoms. The summed E-state index contributed by atoms with van der Waals surface area (Å²) in [5, 5.41) is 76.4. The van der Waals surface area contributed by atoms with Crippen LogP contribution in [0.25, 0.3) is 0 Å². The summed E-state index contributed by atoms with van der Waals surface area (Å²) in [5.41, 5.74) is 9.31. The van der Waals surface area contributed by atoms with Crippen LogP contribution in [0, 0.1) is 0 Å². The lowest BCUT2D eigenvalue weighted by molar-refractivity contribution is -0.143. The minimum Gasteiger partial charge on any atom is -0.481 e. The van der Waals surface area contributed by atoms with E-state index in [1.54, 1.807) is 0 Å². The highest BCUT2D eigenvalue weighted by molar-refractivity contribution is 6.07. The van der Waals surface area contributed by atoms with Crippen LogP contribution >= 0.6 is 0 Å². The Kier molecular flexibility index (Phi) is 25.3. The fourth-order valence-corrected chi connectivity index (χ4v) is 6.65. The van der Waals surface area contributed by atoms with E-state index < -0.39 is 170 Å². The van der Waals surface area contributed by atoms with E-state index in [0.29, 0.717) is 12.8 Å². The fraction of sp³-hybridized carbons (Fsp3) is 0.600. The SMILES string of the molecule is NCCCC[C@H](NC(=O)[C@@H]1CCCC[C@@H](C(=O)N[C@@H](CCCCN)C(=O)O)NC(=O)[C@H](CC(=O)O)NC(=O)[C@H](CO)NC(=O)c2nccnc2C(=O)N[C@@H](CO)C(=O)N[C@@H](CC(=O)O)C(=O)N1)C(=O)O. The van der Waals surface area contributed by atoms with E-state index >= 15 is 0 Å². The first-order valence-electron chi connectivity index (χ1n) is 21.9. The van der Waals surface area contributed by atoms with Crippen LogP contribution in [-0.2, 0) is 47.9 Å². The summed E-state index contributed by atoms with van der Waals surface area (Å²) < 4.78 is 0. The molecule has 0 aliphatic carbocycles. The number of nitrogens with one attached hydrogen (secondary N) is 8. The number of aliphatic carboxylic acids is 4. The Morgan fingerprint density at radius 1 is 0.543 bits per heavy atom. The number of nitrogens with two attached hydrogens (primary N) is 2. The monoisotopic (exact) mass is 996 g/mol. The van der Waals surface area contributed by atoms with Gasteiger partial charge in [0.2, 0.25) is 35.4 Å². The van der Waals surface area contributed by atoms with Crippen molar-refractivity contribution in [3.05, 3.63) is 23.8 Å². The molecule has 388 valence electrons. The molecule has 18 N–H and O–H groups in total. The summed E-state index contributed by atoms with van der Waals surface area (Å²) in [5.74, 6) is -16.7. The Bertz CT molecular complexity index is 1920. The van der Waals surface area contributed by atoms with Crippen LogP contribution in [0.15, 0.2) is 12.4 Å². The molecule has 2 heterocycles. The largest absolute Gasteiger partial charge is 0.481 e. The molecule has 30 heteroatoms. The van der Waals surface area contributed by atoms with Gasteiger partial charge in [-0.15, -0.1) is 0 Å². The maximum atomic E-state index is 13.8. The molecule has 1 aliphatic heterocycles. The standard InChI is InChI=1S/C40H60N12O18/c41-11-5-3-9-21(39(67)68)47-31(59)19-7-1-2-8-20(32(60)48-22(40(69)70)10-4-6-12-42)46-34(62)24(16-28(57)58)50-36(64)26(18-54)52-38(66)30-29(43-13-14-44-30)37(65)51-25(17-53)35(63)49-23(15-27(55)56)33(61)45-19/h13-14,19-26,53-54H,1-12,15-18,41-42H2,(H,45,61)(H,46,62)(H,47,59)(H,48,60)(H,49,63)(H,50,64)(H,51,65)(H,52,66)(H,55,56)(H,57,58)(H,67,68)(H,69,70)/t19-,20-,21-,22-,23-,24-,25-,26-/m0/s1. The number of rotatable bonds is 20. The minimum atomic E-state index is -2.05. The fourth-order valence-electron chi connectivity index (χ4n) is 6.65. The lowest BCUT2D eigenvalue weighted by Crippen LogP contribution is -2.59. The van der Waals surface area contributed by atoms with Gasteiger partial charge in [0.15, 0.2) is 11.4 Å². The van der Waals surface area contributed by atoms with Crippen molar-refractivity contribution in [3.8, 4) is 0 Å². The van der Waals surface area contributed by atoms with Crippen molar-refractivity contribution in [2.45, 2.75) is 125 Å². The lowest BCUT2D eigenvalue weighted by Gasteiger charge is -2.26. The lowest BCUT2D eigenvalue weighted by atomic mass is 10.0. The molecule has 0 saturated carbocycles. The number of fused-ring (bicyclic) bond motifs is 1. The van der Waals surface area contributed by atoms with Gasteiger partial charge in [-0.2, -0.15) is 0 Å². The molecule has 8 amide bonds. The normalized spacial score (nSPS) is 22.1. The first kappa shape index (κ1) is 58.7. The summed E-state index contributed by atoms with van der Waals surface area (Å²) in [7, 11) is 0. The maximum absolute atomic E-state index is 13.8. The average molecular weight is 997 g/mol. The van der Waals surface area contributed by atoms with Gasteiger partial charge in [-0.3, -0.25) is 47.9 Å². The van der Waals surface area contributed by atoms with Crippen molar-refractivity contribution >= 4 is 71.1 Å². The van der Waals surface area contributed by atoms with E-state index in [-0.39, 0.29) is 51.6 Å². The molecule has 0 radical (unpaired) electrons. The van der Waals surface area contributed by atoms with Gasteiger partial charge in [0.05, 0.1) is 26.1 Å². The third-order valence-electron chi connectivity index (χ3n) is 10.4. The molecule has 1 aromatic heterocycles. The molecule has 8 atom stereocenters. The van der Waals surface area contributed by atoms with E-state index in [9.17, 15) is 88.2 Å². The predicted octanol–water partition coefficient (Wildman–Crippen LogP) is -6.48. The number of hydrogen-bond acceptors (Lipinski definition) is 18. The molecule has 0 bridgehead atoms. The highest BCUT2D eigenvalue weighted by atomic mass is 16.4. The zero-order valence-electron chi connectivity index (χ0n) is 37.7. The number of amides is 8. The Balaban J connectivity index is 2.76. The third-order valence-corrected chi connectivity index (χ3v) is 10.4. The highest BCUT2D eigenvalue weighted by Gasteiger charge is 2.36. The van der Waals surface area contributed by atoms with Gasteiger partial charge in [-0.05, 0) is 64.5 Å². The van der Waals surface area contributed by atoms with Crippen molar-refractivity contribution < 1.29 is 88.2 Å². The average Bonchev–Trinajstić information content (AvgIpc) is 3.30. The molecular formula is C40H60N12O18. The summed E-state index contributed by atoms with van der Waals surface area (Å²) in [6.45, 7) is -2.04. The molecular weight excluding hydrogens is 937 g/mol. The van der Waals surface area contributed by atoms with Crippen LogP contribution in [0.3, 0.4) is 0 Å². The van der Waals surface area contributed by atoms with Gasteiger partial charge >= 0.3 is 23.9 Å². The summed E-state index contributed by atoms with van der Waals surface area (Å²) in [6, 6.07) is -14.6. The number of carbonyl (C=O) groups is 12. The van der Waals surface area contributed by atoms with Gasteiger partial charge in [0.1, 0.15) is 48.3 Å². The number of aliphatic hydroxyl groups excluding tert-OH is 2. The molecule has 2 rings (SSSR count). The molecule has 0 aromatic carbocycles. The highest BCUT2D eigenvalue weighted by Crippen LogP contribution is 2.13. The number of aliphatic hydroxyl groups is 2.